The van der Waals surface area contributed by atoms with Crippen LogP contribution in [0.5, 0.6) is 0 Å². The maximum Gasteiger partial charge on any atom is 0.250 e. The third-order valence-electron chi connectivity index (χ3n) is 3.15. The molecule has 1 rings (SSSR count). The first kappa shape index (κ1) is 15.4. The second kappa shape index (κ2) is 7.74. The van der Waals surface area contributed by atoms with E-state index in [1.165, 1.54) is 6.07 Å². The van der Waals surface area contributed by atoms with Crippen LogP contribution in [0.4, 0.5) is 0 Å². The van der Waals surface area contributed by atoms with E-state index >= 15 is 0 Å². The molecule has 0 saturated carbocycles. The number of likely N-dealkylation sites (N-methyl/N-ethyl adjacent to an activating group) is 1. The lowest BCUT2D eigenvalue weighted by Gasteiger charge is -2.23. The molecular weight excluding hydrogens is 242 g/mol. The van der Waals surface area contributed by atoms with Gasteiger partial charge in [-0.15, -0.1) is 0 Å². The average molecular weight is 265 g/mol. The summed E-state index contributed by atoms with van der Waals surface area (Å²) in [7, 11) is 0. The van der Waals surface area contributed by atoms with Crippen LogP contribution in [0.2, 0.25) is 0 Å². The highest BCUT2D eigenvalue weighted by Gasteiger charge is 2.16. The lowest BCUT2D eigenvalue weighted by atomic mass is 10.2. The molecule has 1 aromatic rings. The molecule has 1 unspecified atom stereocenters. The number of nitrogens with zero attached hydrogens (tertiary/aromatic N) is 2. The van der Waals surface area contributed by atoms with Crippen LogP contribution in [0.25, 0.3) is 0 Å². The van der Waals surface area contributed by atoms with E-state index in [9.17, 15) is 9.59 Å². The fraction of sp³-hybridized carbons (Fsp3) is 0.571. The summed E-state index contributed by atoms with van der Waals surface area (Å²) in [4.78, 5) is 25.3. The Hall–Kier alpha value is -1.62. The van der Waals surface area contributed by atoms with Gasteiger partial charge in [-0.25, -0.2) is 0 Å². The summed E-state index contributed by atoms with van der Waals surface area (Å²) < 4.78 is 1.63. The molecule has 1 aromatic heterocycles. The normalized spacial score (nSPS) is 12.2. The Kier molecular flexibility index (Phi) is 6.29. The molecule has 0 aliphatic carbocycles. The number of carbonyl (C=O) groups excluding carboxylic acids is 1. The zero-order chi connectivity index (χ0) is 14.3. The molecule has 1 heterocycles. The van der Waals surface area contributed by atoms with Crippen LogP contribution >= 0.6 is 0 Å². The van der Waals surface area contributed by atoms with Gasteiger partial charge in [0.25, 0.3) is 5.56 Å². The number of pyridine rings is 1. The summed E-state index contributed by atoms with van der Waals surface area (Å²) in [6.45, 7) is 8.40. The molecule has 1 amide bonds. The molecule has 0 fully saturated rings. The smallest absolute Gasteiger partial charge is 0.250 e. The summed E-state index contributed by atoms with van der Waals surface area (Å²) in [5.74, 6) is 0.102. The highest BCUT2D eigenvalue weighted by atomic mass is 16.2. The quantitative estimate of drug-likeness (QED) is 0.789. The highest BCUT2D eigenvalue weighted by Crippen LogP contribution is 1.94. The van der Waals surface area contributed by atoms with E-state index in [-0.39, 0.29) is 17.5 Å². The van der Waals surface area contributed by atoms with Crippen molar-refractivity contribution in [3.63, 3.8) is 0 Å². The fourth-order valence-corrected chi connectivity index (χ4v) is 1.94. The van der Waals surface area contributed by atoms with E-state index in [4.69, 9.17) is 0 Å². The molecule has 19 heavy (non-hydrogen) atoms. The second-order valence-electron chi connectivity index (χ2n) is 4.42. The Morgan fingerprint density at radius 2 is 2.05 bits per heavy atom. The molecule has 5 nitrogen and oxygen atoms in total. The van der Waals surface area contributed by atoms with Crippen LogP contribution < -0.4 is 10.9 Å². The number of nitrogens with one attached hydrogen (secondary N) is 1. The van der Waals surface area contributed by atoms with Crippen molar-refractivity contribution in [3.8, 4) is 0 Å². The minimum atomic E-state index is -0.223. The van der Waals surface area contributed by atoms with E-state index in [1.54, 1.807) is 21.7 Å². The Labute approximate surface area is 114 Å². The van der Waals surface area contributed by atoms with E-state index < -0.39 is 0 Å². The van der Waals surface area contributed by atoms with Gasteiger partial charge in [0.2, 0.25) is 5.91 Å². The number of rotatable bonds is 7. The fourth-order valence-electron chi connectivity index (χ4n) is 1.94. The molecule has 0 aliphatic heterocycles. The van der Waals surface area contributed by atoms with Crippen LogP contribution in [0, 0.1) is 0 Å². The average Bonchev–Trinajstić information content (AvgIpc) is 2.42. The Bertz CT molecular complexity index is 452. The first-order chi connectivity index (χ1) is 9.10. The predicted octanol–water partition coefficient (Wildman–Crippen LogP) is 0.695. The van der Waals surface area contributed by atoms with Crippen molar-refractivity contribution >= 4 is 5.91 Å². The van der Waals surface area contributed by atoms with E-state index in [2.05, 4.69) is 5.32 Å². The Morgan fingerprint density at radius 1 is 1.37 bits per heavy atom. The molecule has 1 atom stereocenters. The van der Waals surface area contributed by atoms with Gasteiger partial charge in [-0.3, -0.25) is 9.59 Å². The van der Waals surface area contributed by atoms with Gasteiger partial charge in [0.15, 0.2) is 0 Å². The zero-order valence-corrected chi connectivity index (χ0v) is 11.9. The van der Waals surface area contributed by atoms with Crippen molar-refractivity contribution in [1.82, 2.24) is 14.8 Å². The summed E-state index contributed by atoms with van der Waals surface area (Å²) in [6.07, 6.45) is 1.75. The molecule has 1 N–H and O–H groups in total. The molecule has 0 aliphatic rings. The van der Waals surface area contributed by atoms with Crippen LogP contribution in [-0.2, 0) is 11.3 Å². The molecule has 0 saturated heterocycles. The molecule has 0 bridgehead atoms. The Morgan fingerprint density at radius 3 is 2.63 bits per heavy atom. The van der Waals surface area contributed by atoms with E-state index in [0.717, 1.165) is 13.1 Å². The van der Waals surface area contributed by atoms with Crippen molar-refractivity contribution in [2.24, 2.45) is 0 Å². The summed E-state index contributed by atoms with van der Waals surface area (Å²) in [5.41, 5.74) is -0.0213. The Balaban J connectivity index is 2.43. The maximum absolute atomic E-state index is 12.0. The van der Waals surface area contributed by atoms with Crippen LogP contribution in [0.1, 0.15) is 20.8 Å². The molecule has 0 aromatic carbocycles. The van der Waals surface area contributed by atoms with Gasteiger partial charge in [0.05, 0.1) is 6.04 Å². The first-order valence-electron chi connectivity index (χ1n) is 6.77. The topological polar surface area (TPSA) is 54.3 Å². The number of amides is 1. The largest absolute Gasteiger partial charge is 0.342 e. The number of carbonyl (C=O) groups is 1. The van der Waals surface area contributed by atoms with Gasteiger partial charge in [0.1, 0.15) is 0 Å². The summed E-state index contributed by atoms with van der Waals surface area (Å²) in [5, 5.41) is 3.16. The zero-order valence-electron chi connectivity index (χ0n) is 11.9. The standard InChI is InChI=1S/C14H23N3O2/c1-4-16(5-2)14(19)12(3)15-9-11-17-10-7-6-8-13(17)18/h6-8,10,12,15H,4-5,9,11H2,1-3H3. The first-order valence-corrected chi connectivity index (χ1v) is 6.77. The van der Waals surface area contributed by atoms with Crippen molar-refractivity contribution in [2.45, 2.75) is 33.4 Å². The SMILES string of the molecule is CCN(CC)C(=O)C(C)NCCn1ccccc1=O. The van der Waals surface area contributed by atoms with Crippen LogP contribution in [0.15, 0.2) is 29.2 Å². The number of hydrogen-bond donors (Lipinski definition) is 1. The van der Waals surface area contributed by atoms with E-state index in [1.807, 2.05) is 26.8 Å². The summed E-state index contributed by atoms with van der Waals surface area (Å²) >= 11 is 0. The highest BCUT2D eigenvalue weighted by molar-refractivity contribution is 5.81. The lowest BCUT2D eigenvalue weighted by molar-refractivity contribution is -0.132. The lowest BCUT2D eigenvalue weighted by Crippen LogP contribution is -2.45. The summed E-state index contributed by atoms with van der Waals surface area (Å²) in [6, 6.07) is 4.86. The van der Waals surface area contributed by atoms with Crippen LogP contribution in [-0.4, -0.2) is 41.1 Å². The number of aromatic nitrogens is 1. The van der Waals surface area contributed by atoms with Gasteiger partial charge in [0, 0.05) is 38.4 Å². The van der Waals surface area contributed by atoms with Gasteiger partial charge >= 0.3 is 0 Å². The van der Waals surface area contributed by atoms with Crippen molar-refractivity contribution in [2.75, 3.05) is 19.6 Å². The third kappa shape index (κ3) is 4.52. The monoisotopic (exact) mass is 265 g/mol. The van der Waals surface area contributed by atoms with Gasteiger partial charge in [-0.1, -0.05) is 6.07 Å². The molecule has 0 spiro atoms. The number of hydrogen-bond acceptors (Lipinski definition) is 3. The molecule has 106 valence electrons. The van der Waals surface area contributed by atoms with Crippen molar-refractivity contribution in [1.29, 1.82) is 0 Å². The van der Waals surface area contributed by atoms with Gasteiger partial charge < -0.3 is 14.8 Å². The molecule has 0 radical (unpaired) electrons. The van der Waals surface area contributed by atoms with Gasteiger partial charge in [-0.05, 0) is 26.8 Å². The van der Waals surface area contributed by atoms with E-state index in [0.29, 0.717) is 13.1 Å². The molecular formula is C14H23N3O2. The van der Waals surface area contributed by atoms with Gasteiger partial charge in [-0.2, -0.15) is 0 Å². The predicted molar refractivity (Wildman–Crippen MR) is 76.1 cm³/mol. The second-order valence-corrected chi connectivity index (χ2v) is 4.42. The minimum Gasteiger partial charge on any atom is -0.342 e. The van der Waals surface area contributed by atoms with Crippen LogP contribution in [0.3, 0.4) is 0 Å². The third-order valence-corrected chi connectivity index (χ3v) is 3.15. The molecule has 5 heteroatoms. The minimum absolute atomic E-state index is 0.0213. The van der Waals surface area contributed by atoms with Crippen molar-refractivity contribution < 1.29 is 4.79 Å². The van der Waals surface area contributed by atoms with Crippen molar-refractivity contribution in [3.05, 3.63) is 34.7 Å². The maximum atomic E-state index is 12.0.